The third-order valence-corrected chi connectivity index (χ3v) is 4.20. The lowest BCUT2D eigenvalue weighted by Gasteiger charge is -2.50. The lowest BCUT2D eigenvalue weighted by molar-refractivity contribution is -0.00652. The maximum atomic E-state index is 6.26. The lowest BCUT2D eigenvalue weighted by Crippen LogP contribution is -2.62. The number of aliphatic imine (C=N–C) groups is 1. The van der Waals surface area contributed by atoms with Crippen LogP contribution in [0.15, 0.2) is 29.3 Å². The van der Waals surface area contributed by atoms with Crippen molar-refractivity contribution in [3.8, 4) is 0 Å². The number of methoxy groups -OCH3 is 1. The van der Waals surface area contributed by atoms with E-state index in [4.69, 9.17) is 22.1 Å². The molecule has 2 N–H and O–H groups in total. The van der Waals surface area contributed by atoms with Gasteiger partial charge in [-0.2, -0.15) is 0 Å². The molecule has 2 aliphatic rings. The molecule has 0 atom stereocenters. The largest absolute Gasteiger partial charge is 0.381 e. The molecule has 4 nitrogen and oxygen atoms in total. The van der Waals surface area contributed by atoms with Crippen LogP contribution < -0.4 is 10.6 Å². The second-order valence-corrected chi connectivity index (χ2v) is 5.36. The predicted octanol–water partition coefficient (Wildman–Crippen LogP) is 2.02. The fourth-order valence-corrected chi connectivity index (χ4v) is 3.11. The number of hydrogen-bond acceptors (Lipinski definition) is 4. The van der Waals surface area contributed by atoms with E-state index in [1.807, 2.05) is 24.3 Å². The van der Waals surface area contributed by atoms with Crippen molar-refractivity contribution in [2.24, 2.45) is 10.7 Å². The van der Waals surface area contributed by atoms with E-state index in [0.717, 1.165) is 25.1 Å². The summed E-state index contributed by atoms with van der Waals surface area (Å²) in [5.74, 6) is 0.553. The van der Waals surface area contributed by atoms with Gasteiger partial charge >= 0.3 is 0 Å². The summed E-state index contributed by atoms with van der Waals surface area (Å²) in [6, 6.07) is 7.74. The third kappa shape index (κ3) is 1.60. The Balaban J connectivity index is 1.94. The highest BCUT2D eigenvalue weighted by Crippen LogP contribution is 2.46. The van der Waals surface area contributed by atoms with E-state index >= 15 is 0 Å². The van der Waals surface area contributed by atoms with E-state index in [2.05, 4.69) is 9.89 Å². The second kappa shape index (κ2) is 4.14. The van der Waals surface area contributed by atoms with Gasteiger partial charge in [0.05, 0.1) is 28.9 Å². The van der Waals surface area contributed by atoms with Crippen molar-refractivity contribution in [3.05, 3.63) is 29.3 Å². The molecule has 0 aromatic heterocycles. The molecule has 0 amide bonds. The summed E-state index contributed by atoms with van der Waals surface area (Å²) in [5, 5.41) is 0.706. The molecule has 1 saturated carbocycles. The van der Waals surface area contributed by atoms with Crippen LogP contribution in [0.2, 0.25) is 5.02 Å². The number of hydrogen-bond donors (Lipinski definition) is 1. The van der Waals surface area contributed by atoms with Crippen LogP contribution in [0.1, 0.15) is 12.8 Å². The van der Waals surface area contributed by atoms with Crippen molar-refractivity contribution >= 4 is 23.2 Å². The van der Waals surface area contributed by atoms with Crippen LogP contribution >= 0.6 is 11.6 Å². The second-order valence-electron chi connectivity index (χ2n) is 4.95. The number of halogens is 1. The van der Waals surface area contributed by atoms with Gasteiger partial charge in [-0.05, 0) is 25.0 Å². The summed E-state index contributed by atoms with van der Waals surface area (Å²) in [6.45, 7) is 0.726. The van der Waals surface area contributed by atoms with Crippen LogP contribution in [-0.2, 0) is 4.74 Å². The summed E-state index contributed by atoms with van der Waals surface area (Å²) in [4.78, 5) is 6.46. The molecule has 3 rings (SSSR count). The van der Waals surface area contributed by atoms with Crippen molar-refractivity contribution in [1.29, 1.82) is 0 Å². The van der Waals surface area contributed by atoms with Crippen LogP contribution in [0.4, 0.5) is 5.69 Å². The monoisotopic (exact) mass is 265 g/mol. The highest BCUT2D eigenvalue weighted by molar-refractivity contribution is 6.34. The van der Waals surface area contributed by atoms with E-state index in [1.54, 1.807) is 7.11 Å². The van der Waals surface area contributed by atoms with Crippen LogP contribution in [0.5, 0.6) is 0 Å². The standard InChI is InChI=1S/C13H16ClN3O/c1-18-9-6-13(7-9)8-16-12(15)17(13)11-5-3-2-4-10(11)14/h2-5,9H,6-8H2,1H3,(H2,15,16). The number of ether oxygens (including phenoxy) is 1. The van der Waals surface area contributed by atoms with Gasteiger partial charge in [-0.1, -0.05) is 23.7 Å². The lowest BCUT2D eigenvalue weighted by atomic mass is 9.73. The average molecular weight is 266 g/mol. The van der Waals surface area contributed by atoms with Crippen LogP contribution in [0.3, 0.4) is 0 Å². The minimum atomic E-state index is -0.0320. The molecule has 1 fully saturated rings. The van der Waals surface area contributed by atoms with E-state index in [-0.39, 0.29) is 5.54 Å². The van der Waals surface area contributed by atoms with E-state index < -0.39 is 0 Å². The number of para-hydroxylation sites is 1. The van der Waals surface area contributed by atoms with E-state index in [0.29, 0.717) is 17.1 Å². The molecule has 0 saturated heterocycles. The Bertz CT molecular complexity index is 497. The Kier molecular flexibility index (Phi) is 2.72. The third-order valence-electron chi connectivity index (χ3n) is 3.88. The highest BCUT2D eigenvalue weighted by atomic mass is 35.5. The maximum Gasteiger partial charge on any atom is 0.196 e. The SMILES string of the molecule is COC1CC2(CN=C(N)N2c2ccccc2Cl)C1. The summed E-state index contributed by atoms with van der Waals surface area (Å²) >= 11 is 6.26. The topological polar surface area (TPSA) is 50.9 Å². The van der Waals surface area contributed by atoms with Gasteiger partial charge in [0.25, 0.3) is 0 Å². The summed E-state index contributed by atoms with van der Waals surface area (Å²) < 4.78 is 5.37. The van der Waals surface area contributed by atoms with E-state index in [9.17, 15) is 0 Å². The Labute approximate surface area is 111 Å². The first-order valence-corrected chi connectivity index (χ1v) is 6.41. The van der Waals surface area contributed by atoms with Gasteiger partial charge < -0.3 is 15.4 Å². The van der Waals surface area contributed by atoms with Gasteiger partial charge in [0.15, 0.2) is 5.96 Å². The van der Waals surface area contributed by atoms with Gasteiger partial charge in [0.2, 0.25) is 0 Å². The molecule has 18 heavy (non-hydrogen) atoms. The fourth-order valence-electron chi connectivity index (χ4n) is 2.89. The molecule has 1 spiro atoms. The normalized spacial score (nSPS) is 30.4. The van der Waals surface area contributed by atoms with Gasteiger partial charge in [0, 0.05) is 7.11 Å². The highest BCUT2D eigenvalue weighted by Gasteiger charge is 2.53. The number of anilines is 1. The zero-order valence-electron chi connectivity index (χ0n) is 10.3. The Morgan fingerprint density at radius 3 is 2.83 bits per heavy atom. The van der Waals surface area contributed by atoms with Crippen molar-refractivity contribution in [3.63, 3.8) is 0 Å². The molecule has 1 heterocycles. The molecule has 1 aliphatic carbocycles. The minimum Gasteiger partial charge on any atom is -0.381 e. The number of rotatable bonds is 2. The van der Waals surface area contributed by atoms with Crippen LogP contribution in [0, 0.1) is 0 Å². The van der Waals surface area contributed by atoms with Gasteiger partial charge in [-0.3, -0.25) is 4.99 Å². The summed E-state index contributed by atoms with van der Waals surface area (Å²) in [5.41, 5.74) is 6.93. The molecule has 96 valence electrons. The fraction of sp³-hybridized carbons (Fsp3) is 0.462. The van der Waals surface area contributed by atoms with Crippen molar-refractivity contribution in [1.82, 2.24) is 0 Å². The zero-order chi connectivity index (χ0) is 12.8. The zero-order valence-corrected chi connectivity index (χ0v) is 11.0. The van der Waals surface area contributed by atoms with Crippen molar-refractivity contribution in [2.75, 3.05) is 18.6 Å². The molecule has 1 aromatic carbocycles. The Hall–Kier alpha value is -1.26. The average Bonchev–Trinajstić information content (AvgIpc) is 2.66. The number of benzene rings is 1. The van der Waals surface area contributed by atoms with E-state index in [1.165, 1.54) is 0 Å². The van der Waals surface area contributed by atoms with Gasteiger partial charge in [-0.15, -0.1) is 0 Å². The minimum absolute atomic E-state index is 0.0320. The number of nitrogens with zero attached hydrogens (tertiary/aromatic N) is 2. The predicted molar refractivity (Wildman–Crippen MR) is 73.2 cm³/mol. The van der Waals surface area contributed by atoms with Crippen molar-refractivity contribution < 1.29 is 4.74 Å². The molecular formula is C13H16ClN3O. The van der Waals surface area contributed by atoms with Crippen molar-refractivity contribution in [2.45, 2.75) is 24.5 Å². The first kappa shape index (κ1) is 11.8. The molecule has 1 aromatic rings. The van der Waals surface area contributed by atoms with Gasteiger partial charge in [-0.25, -0.2) is 0 Å². The summed E-state index contributed by atoms with van der Waals surface area (Å²) in [7, 11) is 1.75. The first-order valence-electron chi connectivity index (χ1n) is 6.04. The smallest absolute Gasteiger partial charge is 0.196 e. The first-order chi connectivity index (χ1) is 8.66. The van der Waals surface area contributed by atoms with Gasteiger partial charge in [0.1, 0.15) is 0 Å². The summed E-state index contributed by atoms with van der Waals surface area (Å²) in [6.07, 6.45) is 2.19. The maximum absolute atomic E-state index is 6.26. The van der Waals surface area contributed by atoms with Crippen LogP contribution in [0.25, 0.3) is 0 Å². The Morgan fingerprint density at radius 1 is 1.44 bits per heavy atom. The Morgan fingerprint density at radius 2 is 2.17 bits per heavy atom. The molecule has 5 heteroatoms. The molecular weight excluding hydrogens is 250 g/mol. The van der Waals surface area contributed by atoms with Crippen LogP contribution in [-0.4, -0.2) is 31.3 Å². The number of guanidine groups is 1. The number of nitrogens with two attached hydrogens (primary N) is 1. The molecule has 0 bridgehead atoms. The molecule has 1 aliphatic heterocycles. The quantitative estimate of drug-likeness (QED) is 0.890. The molecule has 0 radical (unpaired) electrons. The molecule has 0 unspecified atom stereocenters.